The van der Waals surface area contributed by atoms with Crippen LogP contribution in [0, 0.1) is 11.8 Å². The van der Waals surface area contributed by atoms with Crippen molar-refractivity contribution in [3.05, 3.63) is 29.8 Å². The molecule has 30 heavy (non-hydrogen) atoms. The van der Waals surface area contributed by atoms with Gasteiger partial charge in [-0.3, -0.25) is 9.59 Å². The van der Waals surface area contributed by atoms with E-state index in [1.165, 1.54) is 6.42 Å². The average molecular weight is 412 g/mol. The highest BCUT2D eigenvalue weighted by atomic mass is 16.2. The molecule has 0 radical (unpaired) electrons. The third-order valence-corrected chi connectivity index (χ3v) is 7.51. The Morgan fingerprint density at radius 2 is 1.53 bits per heavy atom. The third kappa shape index (κ3) is 4.88. The molecule has 0 aliphatic heterocycles. The molecule has 0 heterocycles. The normalized spacial score (nSPS) is 25.4. The molecule has 2 unspecified atom stereocenters. The van der Waals surface area contributed by atoms with Gasteiger partial charge in [-0.15, -0.1) is 0 Å². The Kier molecular flexibility index (Phi) is 7.08. The van der Waals surface area contributed by atoms with E-state index >= 15 is 0 Å². The number of para-hydroxylation sites is 1. The van der Waals surface area contributed by atoms with Crippen LogP contribution in [0.2, 0.25) is 0 Å². The summed E-state index contributed by atoms with van der Waals surface area (Å²) in [5, 5.41) is 3.14. The van der Waals surface area contributed by atoms with E-state index in [4.69, 9.17) is 5.73 Å². The standard InChI is InChI=1S/C25H37N3O2/c26-21-14-5-7-16-23(21)28(25(30)19-9-2-1-3-10-19)17-20-11-4-6-15-22(20)27-24(29)18-12-8-13-18/h4,6,11,15,18-19,21,23H,1-3,5,7-10,12-14,16-17,26H2,(H,27,29). The Morgan fingerprint density at radius 1 is 0.867 bits per heavy atom. The van der Waals surface area contributed by atoms with Gasteiger partial charge in [0.2, 0.25) is 11.8 Å². The highest BCUT2D eigenvalue weighted by molar-refractivity contribution is 5.93. The summed E-state index contributed by atoms with van der Waals surface area (Å²) in [4.78, 5) is 28.3. The van der Waals surface area contributed by atoms with Crippen molar-refractivity contribution < 1.29 is 9.59 Å². The number of anilines is 1. The van der Waals surface area contributed by atoms with Crippen LogP contribution in [0.3, 0.4) is 0 Å². The van der Waals surface area contributed by atoms with Gasteiger partial charge in [0, 0.05) is 36.2 Å². The van der Waals surface area contributed by atoms with Crippen LogP contribution in [0.25, 0.3) is 0 Å². The number of amides is 2. The zero-order valence-corrected chi connectivity index (χ0v) is 18.2. The van der Waals surface area contributed by atoms with Crippen LogP contribution in [-0.2, 0) is 16.1 Å². The van der Waals surface area contributed by atoms with E-state index in [-0.39, 0.29) is 35.7 Å². The second-order valence-corrected chi connectivity index (χ2v) is 9.59. The lowest BCUT2D eigenvalue weighted by Gasteiger charge is -2.41. The van der Waals surface area contributed by atoms with Gasteiger partial charge in [0.05, 0.1) is 0 Å². The largest absolute Gasteiger partial charge is 0.334 e. The van der Waals surface area contributed by atoms with Crippen LogP contribution >= 0.6 is 0 Å². The van der Waals surface area contributed by atoms with Gasteiger partial charge >= 0.3 is 0 Å². The first-order valence-corrected chi connectivity index (χ1v) is 12.1. The molecule has 3 N–H and O–H groups in total. The van der Waals surface area contributed by atoms with Crippen molar-refractivity contribution in [2.75, 3.05) is 5.32 Å². The Labute approximate surface area is 180 Å². The van der Waals surface area contributed by atoms with Gasteiger partial charge in [0.25, 0.3) is 0 Å². The summed E-state index contributed by atoms with van der Waals surface area (Å²) in [6.07, 6.45) is 12.9. The van der Waals surface area contributed by atoms with Crippen LogP contribution in [0.4, 0.5) is 5.69 Å². The molecule has 4 rings (SSSR count). The van der Waals surface area contributed by atoms with Gasteiger partial charge in [-0.2, -0.15) is 0 Å². The van der Waals surface area contributed by atoms with Crippen LogP contribution < -0.4 is 11.1 Å². The number of hydrogen-bond donors (Lipinski definition) is 2. The second-order valence-electron chi connectivity index (χ2n) is 9.59. The lowest BCUT2D eigenvalue weighted by atomic mass is 9.84. The maximum absolute atomic E-state index is 13.6. The molecule has 0 saturated heterocycles. The molecule has 0 aromatic heterocycles. The van der Waals surface area contributed by atoms with Gasteiger partial charge < -0.3 is 16.0 Å². The fourth-order valence-electron chi connectivity index (χ4n) is 5.34. The van der Waals surface area contributed by atoms with Crippen molar-refractivity contribution >= 4 is 17.5 Å². The molecule has 1 aromatic carbocycles. The first-order chi connectivity index (χ1) is 14.6. The predicted octanol–water partition coefficient (Wildman–Crippen LogP) is 4.60. The zero-order valence-electron chi connectivity index (χ0n) is 18.2. The number of carbonyl (C=O) groups excluding carboxylic acids is 2. The van der Waals surface area contributed by atoms with Crippen molar-refractivity contribution in [2.24, 2.45) is 17.6 Å². The van der Waals surface area contributed by atoms with E-state index in [9.17, 15) is 9.59 Å². The summed E-state index contributed by atoms with van der Waals surface area (Å²) in [6, 6.07) is 8.12. The first kappa shape index (κ1) is 21.4. The number of nitrogens with zero attached hydrogens (tertiary/aromatic N) is 1. The number of carbonyl (C=O) groups is 2. The topological polar surface area (TPSA) is 75.4 Å². The SMILES string of the molecule is NC1CCCCC1N(Cc1ccccc1NC(=O)C1CCC1)C(=O)C1CCCCC1. The Hall–Kier alpha value is -1.88. The molecule has 1 aromatic rings. The number of benzene rings is 1. The Bertz CT molecular complexity index is 740. The lowest BCUT2D eigenvalue weighted by molar-refractivity contribution is -0.141. The van der Waals surface area contributed by atoms with Crippen LogP contribution in [0.15, 0.2) is 24.3 Å². The summed E-state index contributed by atoms with van der Waals surface area (Å²) < 4.78 is 0. The number of hydrogen-bond acceptors (Lipinski definition) is 3. The molecule has 5 nitrogen and oxygen atoms in total. The molecule has 3 fully saturated rings. The van der Waals surface area contributed by atoms with Crippen molar-refractivity contribution in [2.45, 2.75) is 95.7 Å². The smallest absolute Gasteiger partial charge is 0.227 e. The molecule has 3 aliphatic carbocycles. The minimum absolute atomic E-state index is 0.0445. The van der Waals surface area contributed by atoms with E-state index in [0.29, 0.717) is 6.54 Å². The minimum atomic E-state index is 0.0445. The van der Waals surface area contributed by atoms with E-state index in [1.54, 1.807) is 0 Å². The minimum Gasteiger partial charge on any atom is -0.334 e. The number of nitrogens with two attached hydrogens (primary N) is 1. The van der Waals surface area contributed by atoms with E-state index in [0.717, 1.165) is 81.9 Å². The van der Waals surface area contributed by atoms with Crippen molar-refractivity contribution in [1.29, 1.82) is 0 Å². The molecule has 3 aliphatic rings. The predicted molar refractivity (Wildman–Crippen MR) is 120 cm³/mol. The molecule has 2 amide bonds. The van der Waals surface area contributed by atoms with Crippen molar-refractivity contribution in [1.82, 2.24) is 4.90 Å². The number of rotatable bonds is 6. The van der Waals surface area contributed by atoms with Gasteiger partial charge in [-0.1, -0.05) is 56.7 Å². The summed E-state index contributed by atoms with van der Waals surface area (Å²) in [5.41, 5.74) is 8.39. The highest BCUT2D eigenvalue weighted by Gasteiger charge is 2.35. The monoisotopic (exact) mass is 411 g/mol. The van der Waals surface area contributed by atoms with Gasteiger partial charge in [-0.25, -0.2) is 0 Å². The molecule has 0 bridgehead atoms. The van der Waals surface area contributed by atoms with Crippen LogP contribution in [0.1, 0.15) is 82.6 Å². The highest BCUT2D eigenvalue weighted by Crippen LogP contribution is 2.32. The zero-order chi connectivity index (χ0) is 20.9. The molecule has 2 atom stereocenters. The molecular formula is C25H37N3O2. The second kappa shape index (κ2) is 9.95. The molecule has 164 valence electrons. The molecule has 3 saturated carbocycles. The molecule has 0 spiro atoms. The molecule has 5 heteroatoms. The van der Waals surface area contributed by atoms with Crippen molar-refractivity contribution in [3.8, 4) is 0 Å². The van der Waals surface area contributed by atoms with Gasteiger partial charge in [-0.05, 0) is 50.2 Å². The third-order valence-electron chi connectivity index (χ3n) is 7.51. The van der Waals surface area contributed by atoms with Gasteiger partial charge in [0.15, 0.2) is 0 Å². The summed E-state index contributed by atoms with van der Waals surface area (Å²) in [7, 11) is 0. The summed E-state index contributed by atoms with van der Waals surface area (Å²) >= 11 is 0. The molecular weight excluding hydrogens is 374 g/mol. The van der Waals surface area contributed by atoms with E-state index in [2.05, 4.69) is 10.2 Å². The fourth-order valence-corrected chi connectivity index (χ4v) is 5.34. The summed E-state index contributed by atoms with van der Waals surface area (Å²) in [5.74, 6) is 0.666. The quantitative estimate of drug-likeness (QED) is 0.718. The summed E-state index contributed by atoms with van der Waals surface area (Å²) in [6.45, 7) is 0.537. The maximum Gasteiger partial charge on any atom is 0.227 e. The lowest BCUT2D eigenvalue weighted by Crippen LogP contribution is -2.53. The van der Waals surface area contributed by atoms with Crippen LogP contribution in [-0.4, -0.2) is 28.8 Å². The maximum atomic E-state index is 13.6. The van der Waals surface area contributed by atoms with Crippen LogP contribution in [0.5, 0.6) is 0 Å². The average Bonchev–Trinajstić information content (AvgIpc) is 2.72. The van der Waals surface area contributed by atoms with E-state index < -0.39 is 0 Å². The Morgan fingerprint density at radius 3 is 2.23 bits per heavy atom. The van der Waals surface area contributed by atoms with Crippen molar-refractivity contribution in [3.63, 3.8) is 0 Å². The van der Waals surface area contributed by atoms with Gasteiger partial charge in [0.1, 0.15) is 0 Å². The van der Waals surface area contributed by atoms with E-state index in [1.807, 2.05) is 24.3 Å². The first-order valence-electron chi connectivity index (χ1n) is 12.1. The fraction of sp³-hybridized carbons (Fsp3) is 0.680. The Balaban J connectivity index is 1.55. The number of nitrogens with one attached hydrogen (secondary N) is 1.